The Labute approximate surface area is 142 Å². The third-order valence-corrected chi connectivity index (χ3v) is 3.39. The van der Waals surface area contributed by atoms with Gasteiger partial charge < -0.3 is 15.6 Å². The molecule has 0 spiro atoms. The molecule has 0 saturated heterocycles. The number of aliphatic hydroxyl groups is 1. The van der Waals surface area contributed by atoms with Crippen LogP contribution in [0.1, 0.15) is 11.8 Å². The average Bonchev–Trinajstić information content (AvgIpc) is 2.63. The maximum atomic E-state index is 12.9. The fourth-order valence-corrected chi connectivity index (χ4v) is 2.12. The van der Waals surface area contributed by atoms with E-state index in [-0.39, 0.29) is 11.5 Å². The molecule has 3 N–H and O–H groups in total. The molecule has 0 radical (unpaired) electrons. The molecule has 25 heavy (non-hydrogen) atoms. The number of ether oxygens (including phenoxy) is 1. The van der Waals surface area contributed by atoms with Crippen LogP contribution in [0, 0.1) is 5.82 Å². The summed E-state index contributed by atoms with van der Waals surface area (Å²) in [6.45, 7) is 0. The number of primary amides is 1. The molecule has 0 aliphatic heterocycles. The van der Waals surface area contributed by atoms with Crippen LogP contribution in [0.4, 0.5) is 4.39 Å². The van der Waals surface area contributed by atoms with Crippen LogP contribution in [0.5, 0.6) is 11.5 Å². The van der Waals surface area contributed by atoms with E-state index in [0.29, 0.717) is 22.9 Å². The summed E-state index contributed by atoms with van der Waals surface area (Å²) >= 11 is 0. The molecule has 1 atom stereocenters. The third kappa shape index (κ3) is 3.96. The van der Waals surface area contributed by atoms with Gasteiger partial charge in [-0.05, 0) is 54.6 Å². The van der Waals surface area contributed by atoms with E-state index in [2.05, 4.69) is 9.97 Å². The maximum absolute atomic E-state index is 12.9. The molecule has 7 heteroatoms. The predicted octanol–water partition coefficient (Wildman–Crippen LogP) is 2.59. The lowest BCUT2D eigenvalue weighted by Gasteiger charge is -2.08. The highest BCUT2D eigenvalue weighted by atomic mass is 19.1. The van der Waals surface area contributed by atoms with Gasteiger partial charge in [0.2, 0.25) is 0 Å². The SMILES string of the molecule is NC(=O)[C@H](O)c1ccnc(-c2ccc(Oc3ccc(F)cc3)cc2)n1. The smallest absolute Gasteiger partial charge is 0.252 e. The monoisotopic (exact) mass is 339 g/mol. The molecule has 126 valence electrons. The largest absolute Gasteiger partial charge is 0.457 e. The van der Waals surface area contributed by atoms with Gasteiger partial charge in [-0.2, -0.15) is 0 Å². The minimum absolute atomic E-state index is 0.129. The van der Waals surface area contributed by atoms with Crippen LogP contribution >= 0.6 is 0 Å². The number of nitrogens with zero attached hydrogens (tertiary/aromatic N) is 2. The van der Waals surface area contributed by atoms with Crippen LogP contribution in [-0.2, 0) is 4.79 Å². The Morgan fingerprint density at radius 2 is 1.64 bits per heavy atom. The summed E-state index contributed by atoms with van der Waals surface area (Å²) in [7, 11) is 0. The van der Waals surface area contributed by atoms with Gasteiger partial charge in [0.25, 0.3) is 5.91 Å². The zero-order valence-corrected chi connectivity index (χ0v) is 13.0. The number of amides is 1. The first-order valence-electron chi connectivity index (χ1n) is 7.37. The average molecular weight is 339 g/mol. The summed E-state index contributed by atoms with van der Waals surface area (Å²) in [5.74, 6) is 0.192. The van der Waals surface area contributed by atoms with Gasteiger partial charge >= 0.3 is 0 Å². The molecule has 0 aliphatic carbocycles. The lowest BCUT2D eigenvalue weighted by molar-refractivity contribution is -0.126. The van der Waals surface area contributed by atoms with Gasteiger partial charge in [-0.15, -0.1) is 0 Å². The second-order valence-electron chi connectivity index (χ2n) is 5.19. The van der Waals surface area contributed by atoms with Crippen LogP contribution in [0.3, 0.4) is 0 Å². The molecule has 1 amide bonds. The minimum atomic E-state index is -1.48. The van der Waals surface area contributed by atoms with Crippen LogP contribution in [0.2, 0.25) is 0 Å². The van der Waals surface area contributed by atoms with E-state index in [9.17, 15) is 14.3 Å². The van der Waals surface area contributed by atoms with Crippen molar-refractivity contribution in [2.75, 3.05) is 0 Å². The summed E-state index contributed by atoms with van der Waals surface area (Å²) < 4.78 is 18.5. The third-order valence-electron chi connectivity index (χ3n) is 3.39. The number of rotatable bonds is 5. The Morgan fingerprint density at radius 1 is 1.04 bits per heavy atom. The van der Waals surface area contributed by atoms with Crippen molar-refractivity contribution >= 4 is 5.91 Å². The van der Waals surface area contributed by atoms with E-state index < -0.39 is 12.0 Å². The molecule has 0 saturated carbocycles. The summed E-state index contributed by atoms with van der Waals surface area (Å²) in [5, 5.41) is 9.69. The molecular formula is C18H14FN3O3. The van der Waals surface area contributed by atoms with Crippen molar-refractivity contribution < 1.29 is 19.0 Å². The van der Waals surface area contributed by atoms with Crippen molar-refractivity contribution in [3.8, 4) is 22.9 Å². The number of hydrogen-bond acceptors (Lipinski definition) is 5. The lowest BCUT2D eigenvalue weighted by atomic mass is 10.2. The Morgan fingerprint density at radius 3 is 2.24 bits per heavy atom. The Bertz CT molecular complexity index is 883. The van der Waals surface area contributed by atoms with E-state index in [1.807, 2.05) is 0 Å². The minimum Gasteiger partial charge on any atom is -0.457 e. The Hall–Kier alpha value is -3.32. The van der Waals surface area contributed by atoms with Crippen LogP contribution in [-0.4, -0.2) is 21.0 Å². The molecule has 0 unspecified atom stereocenters. The highest BCUT2D eigenvalue weighted by Crippen LogP contribution is 2.25. The van der Waals surface area contributed by atoms with Crippen LogP contribution in [0.25, 0.3) is 11.4 Å². The van der Waals surface area contributed by atoms with Crippen molar-refractivity contribution in [3.05, 3.63) is 72.3 Å². The zero-order valence-electron chi connectivity index (χ0n) is 13.0. The second-order valence-corrected chi connectivity index (χ2v) is 5.19. The number of aromatic nitrogens is 2. The van der Waals surface area contributed by atoms with Crippen molar-refractivity contribution in [1.82, 2.24) is 9.97 Å². The first-order chi connectivity index (χ1) is 12.0. The Balaban J connectivity index is 1.79. The number of nitrogens with two attached hydrogens (primary N) is 1. The van der Waals surface area contributed by atoms with Crippen LogP contribution in [0.15, 0.2) is 60.8 Å². The molecule has 3 aromatic rings. The van der Waals surface area contributed by atoms with E-state index >= 15 is 0 Å². The topological polar surface area (TPSA) is 98.3 Å². The zero-order chi connectivity index (χ0) is 17.8. The van der Waals surface area contributed by atoms with E-state index in [1.165, 1.54) is 36.5 Å². The fourth-order valence-electron chi connectivity index (χ4n) is 2.12. The molecular weight excluding hydrogens is 325 g/mol. The number of aliphatic hydroxyl groups excluding tert-OH is 1. The molecule has 1 heterocycles. The number of halogens is 1. The Kier molecular flexibility index (Phi) is 4.67. The molecule has 0 fully saturated rings. The summed E-state index contributed by atoms with van der Waals surface area (Å²) in [6, 6.07) is 14.0. The summed E-state index contributed by atoms with van der Waals surface area (Å²) in [5.41, 5.74) is 5.87. The van der Waals surface area contributed by atoms with Gasteiger partial charge in [-0.1, -0.05) is 0 Å². The molecule has 0 aliphatic rings. The summed E-state index contributed by atoms with van der Waals surface area (Å²) in [4.78, 5) is 19.3. The summed E-state index contributed by atoms with van der Waals surface area (Å²) in [6.07, 6.45) is -0.0462. The van der Waals surface area contributed by atoms with Gasteiger partial charge in [0.05, 0.1) is 5.69 Å². The number of carbonyl (C=O) groups excluding carboxylic acids is 1. The molecule has 1 aromatic heterocycles. The standard InChI is InChI=1S/C18H14FN3O3/c19-12-3-7-14(8-4-12)25-13-5-1-11(2-6-13)18-21-10-9-15(22-18)16(23)17(20)24/h1-10,16,23H,(H2,20,24)/t16-/m1/s1. The molecule has 6 nitrogen and oxygen atoms in total. The first kappa shape index (κ1) is 16.5. The quantitative estimate of drug-likeness (QED) is 0.744. The van der Waals surface area contributed by atoms with Crippen LogP contribution < -0.4 is 10.5 Å². The molecule has 0 bridgehead atoms. The van der Waals surface area contributed by atoms with Gasteiger partial charge in [0, 0.05) is 11.8 Å². The first-order valence-corrected chi connectivity index (χ1v) is 7.37. The van der Waals surface area contributed by atoms with Crippen molar-refractivity contribution in [2.24, 2.45) is 5.73 Å². The van der Waals surface area contributed by atoms with E-state index in [4.69, 9.17) is 10.5 Å². The van der Waals surface area contributed by atoms with Crippen molar-refractivity contribution in [2.45, 2.75) is 6.10 Å². The highest BCUT2D eigenvalue weighted by molar-refractivity contribution is 5.79. The second kappa shape index (κ2) is 7.06. The number of benzene rings is 2. The molecule has 2 aromatic carbocycles. The van der Waals surface area contributed by atoms with Crippen molar-refractivity contribution in [1.29, 1.82) is 0 Å². The predicted molar refractivity (Wildman–Crippen MR) is 88.1 cm³/mol. The van der Waals surface area contributed by atoms with E-state index in [0.717, 1.165) is 0 Å². The number of carbonyl (C=O) groups is 1. The van der Waals surface area contributed by atoms with E-state index in [1.54, 1.807) is 24.3 Å². The van der Waals surface area contributed by atoms with Gasteiger partial charge in [0.15, 0.2) is 11.9 Å². The maximum Gasteiger partial charge on any atom is 0.252 e. The van der Waals surface area contributed by atoms with Gasteiger partial charge in [0.1, 0.15) is 17.3 Å². The van der Waals surface area contributed by atoms with Gasteiger partial charge in [-0.3, -0.25) is 4.79 Å². The highest BCUT2D eigenvalue weighted by Gasteiger charge is 2.16. The lowest BCUT2D eigenvalue weighted by Crippen LogP contribution is -2.21. The number of hydrogen-bond donors (Lipinski definition) is 2. The normalized spacial score (nSPS) is 11.8. The fraction of sp³-hybridized carbons (Fsp3) is 0.0556. The van der Waals surface area contributed by atoms with Gasteiger partial charge in [-0.25, -0.2) is 14.4 Å². The van der Waals surface area contributed by atoms with Crippen molar-refractivity contribution in [3.63, 3.8) is 0 Å². The molecule has 3 rings (SSSR count).